The zero-order chi connectivity index (χ0) is 12.1. The zero-order valence-electron chi connectivity index (χ0n) is 8.49. The first kappa shape index (κ1) is 12.7. The number of halogens is 1. The predicted octanol–water partition coefficient (Wildman–Crippen LogP) is 2.67. The maximum absolute atomic E-state index is 11.5. The smallest absolute Gasteiger partial charge is 0.340 e. The highest BCUT2D eigenvalue weighted by molar-refractivity contribution is 8.03. The molecule has 0 saturated heterocycles. The molecule has 0 amide bonds. The molecule has 6 heteroatoms. The number of hydrogen-bond acceptors (Lipinski definition) is 5. The third-order valence-electron chi connectivity index (χ3n) is 1.76. The molecule has 1 aromatic rings. The first-order valence-electron chi connectivity index (χ1n) is 4.42. The molecular weight excluding hydrogens is 248 g/mol. The number of carbonyl (C=O) groups is 1. The quantitative estimate of drug-likeness (QED) is 0.389. The second kappa shape index (κ2) is 5.64. The van der Waals surface area contributed by atoms with Gasteiger partial charge in [-0.25, -0.2) is 4.79 Å². The van der Waals surface area contributed by atoms with Crippen LogP contribution in [0.5, 0.6) is 0 Å². The summed E-state index contributed by atoms with van der Waals surface area (Å²) >= 11 is 6.75. The normalized spacial score (nSPS) is 9.56. The van der Waals surface area contributed by atoms with Gasteiger partial charge in [0.25, 0.3) is 0 Å². The average molecular weight is 257 g/mol. The molecule has 0 aliphatic rings. The molecule has 2 N–H and O–H groups in total. The Bertz CT molecular complexity index is 457. The Balaban J connectivity index is 3.17. The van der Waals surface area contributed by atoms with Gasteiger partial charge in [0.15, 0.2) is 0 Å². The summed E-state index contributed by atoms with van der Waals surface area (Å²) in [6, 6.07) is 3.03. The Morgan fingerprint density at radius 1 is 1.69 bits per heavy atom. The van der Waals surface area contributed by atoms with E-state index in [0.29, 0.717) is 4.90 Å². The van der Waals surface area contributed by atoms with Crippen LogP contribution in [-0.2, 0) is 4.74 Å². The van der Waals surface area contributed by atoms with Gasteiger partial charge in [0.05, 0.1) is 22.9 Å². The van der Waals surface area contributed by atoms with Crippen LogP contribution in [0.2, 0.25) is 5.02 Å². The van der Waals surface area contributed by atoms with Crippen molar-refractivity contribution in [3.05, 3.63) is 22.7 Å². The van der Waals surface area contributed by atoms with Crippen molar-refractivity contribution in [1.29, 1.82) is 5.26 Å². The Morgan fingerprint density at radius 2 is 2.38 bits per heavy atom. The van der Waals surface area contributed by atoms with Crippen LogP contribution in [-0.4, -0.2) is 12.6 Å². The number of rotatable bonds is 3. The van der Waals surface area contributed by atoms with Crippen molar-refractivity contribution in [2.75, 3.05) is 12.3 Å². The molecule has 0 aliphatic heterocycles. The van der Waals surface area contributed by atoms with Crippen LogP contribution in [0.1, 0.15) is 17.3 Å². The van der Waals surface area contributed by atoms with E-state index in [2.05, 4.69) is 0 Å². The van der Waals surface area contributed by atoms with E-state index in [-0.39, 0.29) is 22.9 Å². The largest absolute Gasteiger partial charge is 0.462 e. The molecule has 0 unspecified atom stereocenters. The number of nitrogen functional groups attached to an aromatic ring is 1. The number of esters is 1. The van der Waals surface area contributed by atoms with Gasteiger partial charge in [-0.3, -0.25) is 0 Å². The Labute approximate surface area is 102 Å². The number of hydrogen-bond donors (Lipinski definition) is 1. The average Bonchev–Trinajstić information content (AvgIpc) is 2.23. The number of nitrogens with zero attached hydrogens (tertiary/aromatic N) is 1. The second-order valence-corrected chi connectivity index (χ2v) is 4.05. The number of anilines is 1. The monoisotopic (exact) mass is 256 g/mol. The van der Waals surface area contributed by atoms with E-state index < -0.39 is 5.97 Å². The second-order valence-electron chi connectivity index (χ2n) is 2.78. The molecule has 0 aliphatic carbocycles. The van der Waals surface area contributed by atoms with Crippen LogP contribution >= 0.6 is 23.4 Å². The number of ether oxygens (including phenoxy) is 1. The standard InChI is InChI=1S/C10H9ClN2O2S/c1-2-15-10(14)7-3-6(16-5-12)4-8(11)9(7)13/h3-4H,2,13H2,1H3. The highest BCUT2D eigenvalue weighted by Crippen LogP contribution is 2.30. The van der Waals surface area contributed by atoms with Crippen LogP contribution in [0.25, 0.3) is 0 Å². The number of nitrogens with two attached hydrogens (primary N) is 1. The molecule has 16 heavy (non-hydrogen) atoms. The van der Waals surface area contributed by atoms with Crippen molar-refractivity contribution >= 4 is 35.0 Å². The van der Waals surface area contributed by atoms with E-state index in [0.717, 1.165) is 11.8 Å². The van der Waals surface area contributed by atoms with E-state index >= 15 is 0 Å². The maximum atomic E-state index is 11.5. The lowest BCUT2D eigenvalue weighted by molar-refractivity contribution is 0.0527. The van der Waals surface area contributed by atoms with Gasteiger partial charge in [-0.05, 0) is 30.8 Å². The Morgan fingerprint density at radius 3 is 2.94 bits per heavy atom. The minimum absolute atomic E-state index is 0.169. The van der Waals surface area contributed by atoms with E-state index in [1.165, 1.54) is 12.1 Å². The highest BCUT2D eigenvalue weighted by Gasteiger charge is 2.15. The maximum Gasteiger partial charge on any atom is 0.340 e. The summed E-state index contributed by atoms with van der Waals surface area (Å²) in [5.74, 6) is -0.540. The molecule has 4 nitrogen and oxygen atoms in total. The van der Waals surface area contributed by atoms with Crippen LogP contribution in [0.15, 0.2) is 17.0 Å². The highest BCUT2D eigenvalue weighted by atomic mass is 35.5. The molecule has 0 radical (unpaired) electrons. The summed E-state index contributed by atoms with van der Waals surface area (Å²) in [7, 11) is 0. The van der Waals surface area contributed by atoms with Crippen LogP contribution in [0.3, 0.4) is 0 Å². The molecular formula is C10H9ClN2O2S. The van der Waals surface area contributed by atoms with Crippen molar-refractivity contribution in [2.24, 2.45) is 0 Å². The number of benzene rings is 1. The number of nitriles is 1. The molecule has 0 saturated carbocycles. The molecule has 0 aromatic heterocycles. The van der Waals surface area contributed by atoms with Gasteiger partial charge >= 0.3 is 5.97 Å². The van der Waals surface area contributed by atoms with Crippen molar-refractivity contribution in [2.45, 2.75) is 11.8 Å². The van der Waals surface area contributed by atoms with Crippen LogP contribution in [0, 0.1) is 10.7 Å². The van der Waals surface area contributed by atoms with Crippen molar-refractivity contribution in [1.82, 2.24) is 0 Å². The lowest BCUT2D eigenvalue weighted by atomic mass is 10.2. The van der Waals surface area contributed by atoms with Crippen molar-refractivity contribution in [3.63, 3.8) is 0 Å². The first-order valence-corrected chi connectivity index (χ1v) is 5.61. The molecule has 0 atom stereocenters. The van der Waals surface area contributed by atoms with Gasteiger partial charge in [0.1, 0.15) is 5.40 Å². The minimum Gasteiger partial charge on any atom is -0.462 e. The van der Waals surface area contributed by atoms with Crippen LogP contribution < -0.4 is 5.73 Å². The SMILES string of the molecule is CCOC(=O)c1cc(SC#N)cc(Cl)c1N. The van der Waals surface area contributed by atoms with Crippen LogP contribution in [0.4, 0.5) is 5.69 Å². The van der Waals surface area contributed by atoms with Gasteiger partial charge in [-0.2, -0.15) is 5.26 Å². The van der Waals surface area contributed by atoms with Gasteiger partial charge < -0.3 is 10.5 Å². The van der Waals surface area contributed by atoms with Gasteiger partial charge in [0, 0.05) is 4.90 Å². The molecule has 84 valence electrons. The molecule has 0 heterocycles. The van der Waals surface area contributed by atoms with Gasteiger partial charge in [0.2, 0.25) is 0 Å². The summed E-state index contributed by atoms with van der Waals surface area (Å²) in [5, 5.41) is 10.7. The number of thioether (sulfide) groups is 1. The molecule has 0 fully saturated rings. The van der Waals surface area contributed by atoms with Crippen molar-refractivity contribution in [3.8, 4) is 5.40 Å². The molecule has 0 spiro atoms. The lowest BCUT2D eigenvalue weighted by Gasteiger charge is -2.08. The fourth-order valence-corrected chi connectivity index (χ4v) is 1.83. The fraction of sp³-hybridized carbons (Fsp3) is 0.200. The fourth-order valence-electron chi connectivity index (χ4n) is 1.08. The van der Waals surface area contributed by atoms with E-state index in [1.807, 2.05) is 5.40 Å². The summed E-state index contributed by atoms with van der Waals surface area (Å²) < 4.78 is 4.83. The first-order chi connectivity index (χ1) is 7.60. The summed E-state index contributed by atoms with van der Waals surface area (Å²) in [5.41, 5.74) is 6.01. The lowest BCUT2D eigenvalue weighted by Crippen LogP contribution is -2.08. The van der Waals surface area contributed by atoms with Gasteiger partial charge in [-0.1, -0.05) is 11.6 Å². The van der Waals surface area contributed by atoms with Gasteiger partial charge in [-0.15, -0.1) is 0 Å². The predicted molar refractivity (Wildman–Crippen MR) is 63.3 cm³/mol. The summed E-state index contributed by atoms with van der Waals surface area (Å²) in [4.78, 5) is 12.1. The summed E-state index contributed by atoms with van der Waals surface area (Å²) in [6.45, 7) is 1.95. The topological polar surface area (TPSA) is 76.1 Å². The minimum atomic E-state index is -0.540. The summed E-state index contributed by atoms with van der Waals surface area (Å²) in [6.07, 6.45) is 0. The Hall–Kier alpha value is -1.38. The van der Waals surface area contributed by atoms with E-state index in [4.69, 9.17) is 27.3 Å². The Kier molecular flexibility index (Phi) is 4.47. The zero-order valence-corrected chi connectivity index (χ0v) is 10.1. The molecule has 0 bridgehead atoms. The van der Waals surface area contributed by atoms with E-state index in [9.17, 15) is 4.79 Å². The third kappa shape index (κ3) is 2.81. The molecule has 1 rings (SSSR count). The third-order valence-corrected chi connectivity index (χ3v) is 2.64. The van der Waals surface area contributed by atoms with Crippen molar-refractivity contribution < 1.29 is 9.53 Å². The molecule has 1 aromatic carbocycles. The number of carbonyl (C=O) groups excluding carboxylic acids is 1. The van der Waals surface area contributed by atoms with E-state index in [1.54, 1.807) is 6.92 Å². The number of thiocyanates is 1.